The van der Waals surface area contributed by atoms with E-state index in [-0.39, 0.29) is 5.69 Å². The molecular weight excluding hydrogens is 371 g/mol. The maximum atomic E-state index is 12.9. The average Bonchev–Trinajstić information content (AvgIpc) is 2.60. The van der Waals surface area contributed by atoms with Gasteiger partial charge in [-0.1, -0.05) is 18.5 Å². The lowest BCUT2D eigenvalue weighted by Crippen LogP contribution is -2.32. The number of amides is 1. The van der Waals surface area contributed by atoms with Gasteiger partial charge in [-0.05, 0) is 48.9 Å². The van der Waals surface area contributed by atoms with Gasteiger partial charge in [0.2, 0.25) is 0 Å². The predicted octanol–water partition coefficient (Wildman–Crippen LogP) is 5.16. The zero-order valence-corrected chi connectivity index (χ0v) is 14.8. The summed E-state index contributed by atoms with van der Waals surface area (Å²) in [5.74, 6) is 0.523. The van der Waals surface area contributed by atoms with Crippen molar-refractivity contribution in [3.63, 3.8) is 0 Å². The van der Waals surface area contributed by atoms with Crippen molar-refractivity contribution in [3.8, 4) is 11.5 Å². The molecule has 0 aliphatic heterocycles. The molecule has 0 aliphatic carbocycles. The quantitative estimate of drug-likeness (QED) is 0.744. The summed E-state index contributed by atoms with van der Waals surface area (Å²) in [6.07, 6.45) is -5.15. The third kappa shape index (κ3) is 5.05. The smallest absolute Gasteiger partial charge is 0.417 e. The van der Waals surface area contributed by atoms with Crippen molar-refractivity contribution in [2.45, 2.75) is 25.6 Å². The number of anilines is 1. The van der Waals surface area contributed by atoms with E-state index >= 15 is 0 Å². The van der Waals surface area contributed by atoms with E-state index in [0.29, 0.717) is 17.9 Å². The van der Waals surface area contributed by atoms with E-state index in [1.165, 1.54) is 13.2 Å². The second kappa shape index (κ2) is 8.31. The standard InChI is InChI=1S/C18H17ClF3NO3/c1-3-16(26-13-7-5-12(25-2)6-8-13)17(24)23-11-4-9-15(19)14(10-11)18(20,21)22/h4-10,16H,3H2,1-2H3,(H,23,24). The van der Waals surface area contributed by atoms with Crippen LogP contribution in [0, 0.1) is 0 Å². The molecule has 2 aromatic carbocycles. The van der Waals surface area contributed by atoms with Gasteiger partial charge >= 0.3 is 6.18 Å². The normalized spacial score (nSPS) is 12.4. The monoisotopic (exact) mass is 387 g/mol. The van der Waals surface area contributed by atoms with Crippen LogP contribution < -0.4 is 14.8 Å². The zero-order valence-electron chi connectivity index (χ0n) is 14.1. The van der Waals surface area contributed by atoms with Gasteiger partial charge in [-0.3, -0.25) is 4.79 Å². The Bertz CT molecular complexity index is 763. The molecule has 1 amide bonds. The van der Waals surface area contributed by atoms with Gasteiger partial charge in [-0.15, -0.1) is 0 Å². The number of hydrogen-bond acceptors (Lipinski definition) is 3. The highest BCUT2D eigenvalue weighted by Crippen LogP contribution is 2.36. The molecule has 0 bridgehead atoms. The van der Waals surface area contributed by atoms with Crippen LogP contribution in [0.1, 0.15) is 18.9 Å². The van der Waals surface area contributed by atoms with Crippen molar-refractivity contribution in [1.82, 2.24) is 0 Å². The molecule has 2 aromatic rings. The summed E-state index contributed by atoms with van der Waals surface area (Å²) in [4.78, 5) is 12.3. The third-order valence-electron chi connectivity index (χ3n) is 3.54. The van der Waals surface area contributed by atoms with Gasteiger partial charge in [0.15, 0.2) is 6.10 Å². The van der Waals surface area contributed by atoms with Crippen LogP contribution >= 0.6 is 11.6 Å². The first-order chi connectivity index (χ1) is 12.2. The summed E-state index contributed by atoms with van der Waals surface area (Å²) < 4.78 is 49.4. The minimum absolute atomic E-state index is 0.0106. The topological polar surface area (TPSA) is 47.6 Å². The summed E-state index contributed by atoms with van der Waals surface area (Å²) >= 11 is 5.57. The Balaban J connectivity index is 2.11. The number of carbonyl (C=O) groups excluding carboxylic acids is 1. The van der Waals surface area contributed by atoms with Gasteiger partial charge in [-0.25, -0.2) is 0 Å². The fraction of sp³-hybridized carbons (Fsp3) is 0.278. The molecular formula is C18H17ClF3NO3. The summed E-state index contributed by atoms with van der Waals surface area (Å²) in [5, 5.41) is 1.99. The number of nitrogens with one attached hydrogen (secondary N) is 1. The van der Waals surface area contributed by atoms with Gasteiger partial charge < -0.3 is 14.8 Å². The SMILES string of the molecule is CCC(Oc1ccc(OC)cc1)C(=O)Nc1ccc(Cl)c(C(F)(F)F)c1. The van der Waals surface area contributed by atoms with Crippen LogP contribution in [-0.4, -0.2) is 19.1 Å². The van der Waals surface area contributed by atoms with Crippen LogP contribution in [0.2, 0.25) is 5.02 Å². The molecule has 1 unspecified atom stereocenters. The van der Waals surface area contributed by atoms with Gasteiger partial charge in [-0.2, -0.15) is 13.2 Å². The Kier molecular flexibility index (Phi) is 6.37. The van der Waals surface area contributed by atoms with Crippen molar-refractivity contribution in [3.05, 3.63) is 53.1 Å². The van der Waals surface area contributed by atoms with E-state index in [4.69, 9.17) is 21.1 Å². The Labute approximate surface area is 153 Å². The number of carbonyl (C=O) groups is 1. The molecule has 0 saturated carbocycles. The Hall–Kier alpha value is -2.41. The third-order valence-corrected chi connectivity index (χ3v) is 3.87. The number of alkyl halides is 3. The first kappa shape index (κ1) is 19.9. The number of ether oxygens (including phenoxy) is 2. The van der Waals surface area contributed by atoms with Gasteiger partial charge in [0.05, 0.1) is 17.7 Å². The van der Waals surface area contributed by atoms with Crippen molar-refractivity contribution < 1.29 is 27.4 Å². The molecule has 4 nitrogen and oxygen atoms in total. The first-order valence-electron chi connectivity index (χ1n) is 7.73. The number of benzene rings is 2. The minimum atomic E-state index is -4.61. The fourth-order valence-corrected chi connectivity index (χ4v) is 2.41. The maximum Gasteiger partial charge on any atom is 0.417 e. The molecule has 1 N–H and O–H groups in total. The maximum absolute atomic E-state index is 12.9. The van der Waals surface area contributed by atoms with Crippen LogP contribution in [-0.2, 0) is 11.0 Å². The zero-order chi connectivity index (χ0) is 19.3. The van der Waals surface area contributed by atoms with Crippen LogP contribution in [0.4, 0.5) is 18.9 Å². The largest absolute Gasteiger partial charge is 0.497 e. The fourth-order valence-electron chi connectivity index (χ4n) is 2.18. The number of halogens is 4. The number of methoxy groups -OCH3 is 1. The highest BCUT2D eigenvalue weighted by atomic mass is 35.5. The lowest BCUT2D eigenvalue weighted by atomic mass is 10.1. The summed E-state index contributed by atoms with van der Waals surface area (Å²) in [6, 6.07) is 9.81. The van der Waals surface area contributed by atoms with Crippen molar-refractivity contribution >= 4 is 23.2 Å². The minimum Gasteiger partial charge on any atom is -0.497 e. The van der Waals surface area contributed by atoms with E-state index < -0.39 is 28.8 Å². The molecule has 8 heteroatoms. The van der Waals surface area contributed by atoms with Gasteiger partial charge in [0.1, 0.15) is 11.5 Å². The van der Waals surface area contributed by atoms with E-state index in [0.717, 1.165) is 12.1 Å². The summed E-state index contributed by atoms with van der Waals surface area (Å²) in [6.45, 7) is 1.73. The molecule has 0 fully saturated rings. The summed E-state index contributed by atoms with van der Waals surface area (Å²) in [5.41, 5.74) is -1.02. The van der Waals surface area contributed by atoms with E-state index in [1.807, 2.05) is 0 Å². The highest BCUT2D eigenvalue weighted by Gasteiger charge is 2.33. The molecule has 0 saturated heterocycles. The Morgan fingerprint density at radius 2 is 1.77 bits per heavy atom. The molecule has 0 radical (unpaired) electrons. The predicted molar refractivity (Wildman–Crippen MR) is 92.8 cm³/mol. The van der Waals surface area contributed by atoms with Crippen LogP contribution in [0.25, 0.3) is 0 Å². The highest BCUT2D eigenvalue weighted by molar-refractivity contribution is 6.31. The van der Waals surface area contributed by atoms with Crippen LogP contribution in [0.15, 0.2) is 42.5 Å². The molecule has 1 atom stereocenters. The summed E-state index contributed by atoms with van der Waals surface area (Å²) in [7, 11) is 1.53. The number of rotatable bonds is 6. The number of hydrogen-bond donors (Lipinski definition) is 1. The molecule has 0 spiro atoms. The van der Waals surface area contributed by atoms with Crippen LogP contribution in [0.5, 0.6) is 11.5 Å². The Morgan fingerprint density at radius 1 is 1.15 bits per heavy atom. The molecule has 0 aromatic heterocycles. The first-order valence-corrected chi connectivity index (χ1v) is 8.10. The van der Waals surface area contributed by atoms with Gasteiger partial charge in [0, 0.05) is 5.69 Å². The van der Waals surface area contributed by atoms with E-state index in [2.05, 4.69) is 5.32 Å². The van der Waals surface area contributed by atoms with E-state index in [9.17, 15) is 18.0 Å². The molecule has 26 heavy (non-hydrogen) atoms. The second-order valence-corrected chi connectivity index (χ2v) is 5.78. The lowest BCUT2D eigenvalue weighted by Gasteiger charge is -2.18. The molecule has 140 valence electrons. The van der Waals surface area contributed by atoms with Crippen molar-refractivity contribution in [2.75, 3.05) is 12.4 Å². The second-order valence-electron chi connectivity index (χ2n) is 5.37. The molecule has 0 aliphatic rings. The lowest BCUT2D eigenvalue weighted by molar-refractivity contribution is -0.137. The van der Waals surface area contributed by atoms with Crippen molar-refractivity contribution in [2.24, 2.45) is 0 Å². The van der Waals surface area contributed by atoms with Crippen LogP contribution in [0.3, 0.4) is 0 Å². The Morgan fingerprint density at radius 3 is 2.31 bits per heavy atom. The van der Waals surface area contributed by atoms with E-state index in [1.54, 1.807) is 31.2 Å². The van der Waals surface area contributed by atoms with Crippen molar-refractivity contribution in [1.29, 1.82) is 0 Å². The molecule has 2 rings (SSSR count). The average molecular weight is 388 g/mol. The van der Waals surface area contributed by atoms with Gasteiger partial charge in [0.25, 0.3) is 5.91 Å². The molecule has 0 heterocycles.